The fourth-order valence-electron chi connectivity index (χ4n) is 1.92. The lowest BCUT2D eigenvalue weighted by atomic mass is 9.92. The first-order valence-electron chi connectivity index (χ1n) is 5.33. The SMILES string of the molecule is Cc1cc(C)cc(C2(F)C=NC(N)N=C2N)c1. The molecule has 0 fully saturated rings. The third kappa shape index (κ3) is 2.06. The zero-order valence-corrected chi connectivity index (χ0v) is 9.81. The molecule has 1 aliphatic rings. The molecule has 17 heavy (non-hydrogen) atoms. The highest BCUT2D eigenvalue weighted by atomic mass is 19.1. The van der Waals surface area contributed by atoms with Crippen molar-refractivity contribution in [2.75, 3.05) is 0 Å². The largest absolute Gasteiger partial charge is 0.384 e. The molecule has 2 unspecified atom stereocenters. The zero-order chi connectivity index (χ0) is 12.6. The number of amidine groups is 1. The van der Waals surface area contributed by atoms with Crippen molar-refractivity contribution < 1.29 is 4.39 Å². The Morgan fingerprint density at radius 3 is 2.35 bits per heavy atom. The molecular weight excluding hydrogens is 219 g/mol. The van der Waals surface area contributed by atoms with E-state index < -0.39 is 12.0 Å². The number of nitrogens with two attached hydrogens (primary N) is 2. The average molecular weight is 234 g/mol. The summed E-state index contributed by atoms with van der Waals surface area (Å²) >= 11 is 0. The summed E-state index contributed by atoms with van der Waals surface area (Å²) in [6.45, 7) is 3.80. The van der Waals surface area contributed by atoms with Crippen molar-refractivity contribution in [1.29, 1.82) is 0 Å². The molecule has 0 radical (unpaired) electrons. The lowest BCUT2D eigenvalue weighted by molar-refractivity contribution is 0.356. The van der Waals surface area contributed by atoms with Crippen molar-refractivity contribution in [1.82, 2.24) is 0 Å². The maximum absolute atomic E-state index is 14.8. The van der Waals surface area contributed by atoms with Gasteiger partial charge in [0.2, 0.25) is 5.67 Å². The Morgan fingerprint density at radius 2 is 1.82 bits per heavy atom. The number of aliphatic imine (C=N–C) groups is 2. The first-order chi connectivity index (χ1) is 7.91. The van der Waals surface area contributed by atoms with Gasteiger partial charge in [0.25, 0.3) is 0 Å². The Hall–Kier alpha value is -1.75. The summed E-state index contributed by atoms with van der Waals surface area (Å²) in [5.41, 5.74) is 11.5. The third-order valence-electron chi connectivity index (χ3n) is 2.69. The van der Waals surface area contributed by atoms with Gasteiger partial charge in [0.15, 0.2) is 6.29 Å². The molecule has 4 nitrogen and oxygen atoms in total. The Kier molecular flexibility index (Phi) is 2.71. The van der Waals surface area contributed by atoms with E-state index in [0.29, 0.717) is 5.56 Å². The van der Waals surface area contributed by atoms with Crippen LogP contribution in [0.15, 0.2) is 28.2 Å². The van der Waals surface area contributed by atoms with E-state index in [4.69, 9.17) is 11.5 Å². The molecule has 1 aromatic carbocycles. The Morgan fingerprint density at radius 1 is 1.24 bits per heavy atom. The summed E-state index contributed by atoms with van der Waals surface area (Å²) in [7, 11) is 0. The van der Waals surface area contributed by atoms with Crippen molar-refractivity contribution in [3.05, 3.63) is 34.9 Å². The second-order valence-electron chi connectivity index (χ2n) is 4.29. The highest BCUT2D eigenvalue weighted by molar-refractivity contribution is 6.06. The van der Waals surface area contributed by atoms with E-state index in [0.717, 1.165) is 17.3 Å². The van der Waals surface area contributed by atoms with E-state index in [9.17, 15) is 4.39 Å². The molecule has 1 aromatic rings. The maximum Gasteiger partial charge on any atom is 0.226 e. The lowest BCUT2D eigenvalue weighted by Gasteiger charge is -2.25. The number of alkyl halides is 1. The number of benzene rings is 1. The summed E-state index contributed by atoms with van der Waals surface area (Å²) in [4.78, 5) is 7.55. The number of nitrogens with zero attached hydrogens (tertiary/aromatic N) is 2. The molecule has 2 atom stereocenters. The monoisotopic (exact) mass is 234 g/mol. The van der Waals surface area contributed by atoms with Gasteiger partial charge in [-0.2, -0.15) is 0 Å². The topological polar surface area (TPSA) is 76.8 Å². The number of hydrogen-bond donors (Lipinski definition) is 2. The first kappa shape index (κ1) is 11.7. The molecule has 5 heteroatoms. The summed E-state index contributed by atoms with van der Waals surface area (Å²) in [6, 6.07) is 5.43. The number of aryl methyl sites for hydroxylation is 2. The second-order valence-corrected chi connectivity index (χ2v) is 4.29. The quantitative estimate of drug-likeness (QED) is 0.764. The zero-order valence-electron chi connectivity index (χ0n) is 9.81. The normalized spacial score (nSPS) is 28.0. The third-order valence-corrected chi connectivity index (χ3v) is 2.69. The molecule has 90 valence electrons. The van der Waals surface area contributed by atoms with Crippen molar-refractivity contribution in [3.63, 3.8) is 0 Å². The standard InChI is InChI=1S/C12H15FN4/c1-7-3-8(2)5-9(4-7)12(13)6-16-11(15)17-10(12)14/h3-6,11H,15H2,1-2H3,(H2,14,17). The Bertz CT molecular complexity index is 489. The van der Waals surface area contributed by atoms with Crippen LogP contribution in [0.25, 0.3) is 0 Å². The molecule has 0 aromatic heterocycles. The van der Waals surface area contributed by atoms with Crippen LogP contribution in [0.4, 0.5) is 4.39 Å². The van der Waals surface area contributed by atoms with Gasteiger partial charge in [0.1, 0.15) is 5.84 Å². The number of hydrogen-bond acceptors (Lipinski definition) is 4. The predicted molar refractivity (Wildman–Crippen MR) is 66.8 cm³/mol. The van der Waals surface area contributed by atoms with Gasteiger partial charge < -0.3 is 5.73 Å². The van der Waals surface area contributed by atoms with Crippen LogP contribution in [0.2, 0.25) is 0 Å². The van der Waals surface area contributed by atoms with Crippen molar-refractivity contribution in [2.45, 2.75) is 25.8 Å². The highest BCUT2D eigenvalue weighted by Crippen LogP contribution is 2.28. The van der Waals surface area contributed by atoms with E-state index in [1.165, 1.54) is 0 Å². The van der Waals surface area contributed by atoms with E-state index in [-0.39, 0.29) is 5.84 Å². The fraction of sp³-hybridized carbons (Fsp3) is 0.333. The van der Waals surface area contributed by atoms with E-state index in [1.54, 1.807) is 12.1 Å². The number of halogens is 1. The van der Waals surface area contributed by atoms with Crippen molar-refractivity contribution in [3.8, 4) is 0 Å². The van der Waals surface area contributed by atoms with Crippen LogP contribution >= 0.6 is 0 Å². The van der Waals surface area contributed by atoms with Crippen LogP contribution < -0.4 is 11.5 Å². The van der Waals surface area contributed by atoms with Crippen LogP contribution in [0.5, 0.6) is 0 Å². The van der Waals surface area contributed by atoms with Gasteiger partial charge in [-0.15, -0.1) is 0 Å². The minimum Gasteiger partial charge on any atom is -0.384 e. The predicted octanol–water partition coefficient (Wildman–Crippen LogP) is 1.15. The first-order valence-corrected chi connectivity index (χ1v) is 5.33. The summed E-state index contributed by atoms with van der Waals surface area (Å²) in [5, 5.41) is 0. The smallest absolute Gasteiger partial charge is 0.226 e. The molecule has 1 aliphatic heterocycles. The van der Waals surface area contributed by atoms with E-state index in [1.807, 2.05) is 19.9 Å². The van der Waals surface area contributed by atoms with Gasteiger partial charge >= 0.3 is 0 Å². The molecule has 0 aliphatic carbocycles. The van der Waals surface area contributed by atoms with Gasteiger partial charge in [0.05, 0.1) is 6.21 Å². The lowest BCUT2D eigenvalue weighted by Crippen LogP contribution is -2.44. The number of rotatable bonds is 1. The van der Waals surface area contributed by atoms with Gasteiger partial charge in [-0.25, -0.2) is 9.38 Å². The molecule has 0 amide bonds. The summed E-state index contributed by atoms with van der Waals surface area (Å²) in [6.07, 6.45) is 0.332. The van der Waals surface area contributed by atoms with E-state index in [2.05, 4.69) is 9.98 Å². The minimum atomic E-state index is -1.95. The maximum atomic E-state index is 14.8. The van der Waals surface area contributed by atoms with Crippen LogP contribution in [-0.4, -0.2) is 18.3 Å². The Labute approximate surface area is 99.3 Å². The second kappa shape index (κ2) is 3.92. The van der Waals surface area contributed by atoms with Gasteiger partial charge in [-0.1, -0.05) is 29.3 Å². The molecule has 0 spiro atoms. The van der Waals surface area contributed by atoms with Crippen molar-refractivity contribution >= 4 is 12.1 Å². The van der Waals surface area contributed by atoms with Crippen molar-refractivity contribution in [2.24, 2.45) is 21.5 Å². The summed E-state index contributed by atoms with van der Waals surface area (Å²) < 4.78 is 14.8. The van der Waals surface area contributed by atoms with Crippen LogP contribution in [0.1, 0.15) is 16.7 Å². The molecule has 2 rings (SSSR count). The summed E-state index contributed by atoms with van der Waals surface area (Å²) in [5.74, 6) is -0.148. The van der Waals surface area contributed by atoms with Gasteiger partial charge in [-0.05, 0) is 13.8 Å². The molecular formula is C12H15FN4. The molecule has 0 saturated carbocycles. The van der Waals surface area contributed by atoms with E-state index >= 15 is 0 Å². The molecule has 4 N–H and O–H groups in total. The highest BCUT2D eigenvalue weighted by Gasteiger charge is 2.37. The van der Waals surface area contributed by atoms with Gasteiger partial charge in [0, 0.05) is 5.56 Å². The average Bonchev–Trinajstić information content (AvgIpc) is 2.22. The van der Waals surface area contributed by atoms with Crippen LogP contribution in [-0.2, 0) is 5.67 Å². The van der Waals surface area contributed by atoms with Gasteiger partial charge in [-0.3, -0.25) is 10.7 Å². The Balaban J connectivity index is 2.52. The molecule has 0 saturated heterocycles. The van der Waals surface area contributed by atoms with Crippen LogP contribution in [0, 0.1) is 13.8 Å². The molecule has 1 heterocycles. The fourth-order valence-corrected chi connectivity index (χ4v) is 1.92. The van der Waals surface area contributed by atoms with Crippen LogP contribution in [0.3, 0.4) is 0 Å². The minimum absolute atomic E-state index is 0.148. The molecule has 0 bridgehead atoms.